The van der Waals surface area contributed by atoms with Gasteiger partial charge in [0.2, 0.25) is 11.7 Å². The van der Waals surface area contributed by atoms with Crippen molar-refractivity contribution in [1.82, 2.24) is 9.80 Å². The summed E-state index contributed by atoms with van der Waals surface area (Å²) in [6, 6.07) is 7.56. The van der Waals surface area contributed by atoms with E-state index in [9.17, 15) is 4.79 Å². The molecular weight excluding hydrogens is 384 g/mol. The molecule has 0 N–H and O–H groups in total. The molecule has 162 valence electrons. The number of furan rings is 1. The predicted octanol–water partition coefficient (Wildman–Crippen LogP) is 3.44. The van der Waals surface area contributed by atoms with E-state index in [1.165, 1.54) is 0 Å². The van der Waals surface area contributed by atoms with Crippen LogP contribution in [0.1, 0.15) is 24.2 Å². The first-order chi connectivity index (χ1) is 14.5. The number of rotatable bonds is 8. The second-order valence-electron chi connectivity index (χ2n) is 7.37. The molecule has 1 saturated heterocycles. The Hall–Kier alpha value is -2.93. The monoisotopic (exact) mass is 414 g/mol. The van der Waals surface area contributed by atoms with Gasteiger partial charge in [0.05, 0.1) is 34.1 Å². The Morgan fingerprint density at radius 1 is 1.17 bits per heavy atom. The fraction of sp³-hybridized carbons (Fsp3) is 0.435. The summed E-state index contributed by atoms with van der Waals surface area (Å²) in [6.07, 6.45) is 6.90. The minimum atomic E-state index is -0.0466. The van der Waals surface area contributed by atoms with Gasteiger partial charge in [0.1, 0.15) is 5.76 Å². The van der Waals surface area contributed by atoms with Crippen LogP contribution < -0.4 is 14.2 Å². The van der Waals surface area contributed by atoms with E-state index in [-0.39, 0.29) is 11.9 Å². The van der Waals surface area contributed by atoms with Gasteiger partial charge in [-0.25, -0.2) is 0 Å². The number of hydrogen-bond donors (Lipinski definition) is 0. The highest BCUT2D eigenvalue weighted by Crippen LogP contribution is 2.38. The van der Waals surface area contributed by atoms with Crippen molar-refractivity contribution < 1.29 is 23.4 Å². The lowest BCUT2D eigenvalue weighted by molar-refractivity contribution is -0.130. The number of carbonyl (C=O) groups is 1. The average Bonchev–Trinajstić information content (AvgIpc) is 3.29. The van der Waals surface area contributed by atoms with Crippen molar-refractivity contribution in [3.63, 3.8) is 0 Å². The third kappa shape index (κ3) is 5.16. The van der Waals surface area contributed by atoms with E-state index in [0.29, 0.717) is 23.8 Å². The van der Waals surface area contributed by atoms with Crippen LogP contribution in [0.2, 0.25) is 0 Å². The Morgan fingerprint density at radius 3 is 2.37 bits per heavy atom. The number of nitrogens with zero attached hydrogens (tertiary/aromatic N) is 2. The van der Waals surface area contributed by atoms with Crippen molar-refractivity contribution in [3.8, 4) is 17.2 Å². The van der Waals surface area contributed by atoms with E-state index in [2.05, 4.69) is 11.9 Å². The SMILES string of the molecule is COc1cc(/C=C/C(=O)N(Cc2ccco2)C2CCN(C)CC2)cc(OC)c1OC. The first-order valence-corrected chi connectivity index (χ1v) is 10.0. The summed E-state index contributed by atoms with van der Waals surface area (Å²) in [7, 11) is 6.81. The Kier molecular flexibility index (Phi) is 7.41. The van der Waals surface area contributed by atoms with E-state index < -0.39 is 0 Å². The maximum atomic E-state index is 13.2. The molecule has 0 radical (unpaired) electrons. The minimum Gasteiger partial charge on any atom is -0.493 e. The van der Waals surface area contributed by atoms with Crippen LogP contribution in [-0.4, -0.2) is 63.2 Å². The Morgan fingerprint density at radius 2 is 1.83 bits per heavy atom. The largest absolute Gasteiger partial charge is 0.493 e. The first-order valence-electron chi connectivity index (χ1n) is 10.0. The fourth-order valence-electron chi connectivity index (χ4n) is 3.72. The van der Waals surface area contributed by atoms with Gasteiger partial charge in [0, 0.05) is 12.1 Å². The van der Waals surface area contributed by atoms with Crippen molar-refractivity contribution in [2.75, 3.05) is 41.5 Å². The number of piperidine rings is 1. The molecular formula is C23H30N2O5. The smallest absolute Gasteiger partial charge is 0.247 e. The molecule has 0 aliphatic carbocycles. The maximum absolute atomic E-state index is 13.2. The zero-order valence-electron chi connectivity index (χ0n) is 18.1. The summed E-state index contributed by atoms with van der Waals surface area (Å²) in [5, 5.41) is 0. The predicted molar refractivity (Wildman–Crippen MR) is 115 cm³/mol. The number of ether oxygens (including phenoxy) is 3. The lowest BCUT2D eigenvalue weighted by Crippen LogP contribution is -2.45. The molecule has 3 rings (SSSR count). The summed E-state index contributed by atoms with van der Waals surface area (Å²) >= 11 is 0. The number of amides is 1. The van der Waals surface area contributed by atoms with Crippen LogP contribution in [0, 0.1) is 0 Å². The molecule has 1 aliphatic heterocycles. The molecule has 0 spiro atoms. The molecule has 0 bridgehead atoms. The van der Waals surface area contributed by atoms with Crippen LogP contribution in [0.15, 0.2) is 41.0 Å². The molecule has 1 amide bonds. The van der Waals surface area contributed by atoms with E-state index in [1.807, 2.05) is 29.2 Å². The maximum Gasteiger partial charge on any atom is 0.247 e. The summed E-state index contributed by atoms with van der Waals surface area (Å²) in [5.74, 6) is 2.35. The summed E-state index contributed by atoms with van der Waals surface area (Å²) < 4.78 is 21.7. The third-order valence-corrected chi connectivity index (χ3v) is 5.42. The van der Waals surface area contributed by atoms with Crippen LogP contribution in [0.4, 0.5) is 0 Å². The number of carbonyl (C=O) groups excluding carboxylic acids is 1. The summed E-state index contributed by atoms with van der Waals surface area (Å²) in [5.41, 5.74) is 0.791. The summed E-state index contributed by atoms with van der Waals surface area (Å²) in [6.45, 7) is 2.41. The van der Waals surface area contributed by atoms with Gasteiger partial charge in [-0.05, 0) is 68.9 Å². The van der Waals surface area contributed by atoms with Crippen molar-refractivity contribution >= 4 is 12.0 Å². The number of benzene rings is 1. The highest BCUT2D eigenvalue weighted by atomic mass is 16.5. The third-order valence-electron chi connectivity index (χ3n) is 5.42. The Labute approximate surface area is 177 Å². The van der Waals surface area contributed by atoms with Gasteiger partial charge in [-0.15, -0.1) is 0 Å². The summed E-state index contributed by atoms with van der Waals surface area (Å²) in [4.78, 5) is 17.3. The van der Waals surface area contributed by atoms with Crippen LogP contribution >= 0.6 is 0 Å². The van der Waals surface area contributed by atoms with E-state index in [0.717, 1.165) is 37.3 Å². The Bertz CT molecular complexity index is 829. The quantitative estimate of drug-likeness (QED) is 0.617. The van der Waals surface area contributed by atoms with Gasteiger partial charge >= 0.3 is 0 Å². The van der Waals surface area contributed by atoms with Gasteiger partial charge < -0.3 is 28.4 Å². The molecule has 0 saturated carbocycles. The normalized spacial score (nSPS) is 15.3. The molecule has 7 heteroatoms. The molecule has 7 nitrogen and oxygen atoms in total. The molecule has 0 unspecified atom stereocenters. The molecule has 1 aromatic heterocycles. The second kappa shape index (κ2) is 10.2. The standard InChI is InChI=1S/C23H30N2O5/c1-24-11-9-18(10-12-24)25(16-19-6-5-13-30-19)22(26)8-7-17-14-20(27-2)23(29-4)21(15-17)28-3/h5-8,13-15,18H,9-12,16H2,1-4H3/b8-7+. The minimum absolute atomic E-state index is 0.0466. The number of hydrogen-bond acceptors (Lipinski definition) is 6. The van der Waals surface area contributed by atoms with E-state index >= 15 is 0 Å². The van der Waals surface area contributed by atoms with Crippen molar-refractivity contribution in [1.29, 1.82) is 0 Å². The highest BCUT2D eigenvalue weighted by molar-refractivity contribution is 5.92. The molecule has 1 aliphatic rings. The molecule has 2 aromatic rings. The van der Waals surface area contributed by atoms with Gasteiger partial charge in [-0.3, -0.25) is 4.79 Å². The lowest BCUT2D eigenvalue weighted by atomic mass is 10.0. The van der Waals surface area contributed by atoms with Crippen molar-refractivity contribution in [3.05, 3.63) is 47.9 Å². The fourth-order valence-corrected chi connectivity index (χ4v) is 3.72. The molecule has 2 heterocycles. The van der Waals surface area contributed by atoms with Gasteiger partial charge in [-0.2, -0.15) is 0 Å². The molecule has 1 fully saturated rings. The average molecular weight is 415 g/mol. The van der Waals surface area contributed by atoms with Crippen LogP contribution in [0.3, 0.4) is 0 Å². The first kappa shape index (κ1) is 21.8. The zero-order valence-corrected chi connectivity index (χ0v) is 18.1. The zero-order chi connectivity index (χ0) is 21.5. The van der Waals surface area contributed by atoms with Crippen molar-refractivity contribution in [2.45, 2.75) is 25.4 Å². The number of likely N-dealkylation sites (tertiary alicyclic amines) is 1. The highest BCUT2D eigenvalue weighted by Gasteiger charge is 2.26. The molecule has 1 aromatic carbocycles. The van der Waals surface area contributed by atoms with Crippen LogP contribution in [-0.2, 0) is 11.3 Å². The second-order valence-corrected chi connectivity index (χ2v) is 7.37. The van der Waals surface area contributed by atoms with E-state index in [1.54, 1.807) is 39.7 Å². The van der Waals surface area contributed by atoms with Crippen molar-refractivity contribution in [2.24, 2.45) is 0 Å². The van der Waals surface area contributed by atoms with Gasteiger partial charge in [0.15, 0.2) is 11.5 Å². The topological polar surface area (TPSA) is 64.4 Å². The van der Waals surface area contributed by atoms with Crippen LogP contribution in [0.5, 0.6) is 17.2 Å². The van der Waals surface area contributed by atoms with Gasteiger partial charge in [-0.1, -0.05) is 0 Å². The van der Waals surface area contributed by atoms with E-state index in [4.69, 9.17) is 18.6 Å². The van der Waals surface area contributed by atoms with Gasteiger partial charge in [0.25, 0.3) is 0 Å². The Balaban J connectivity index is 1.81. The number of methoxy groups -OCH3 is 3. The molecule has 30 heavy (non-hydrogen) atoms. The molecule has 0 atom stereocenters. The lowest BCUT2D eigenvalue weighted by Gasteiger charge is -2.36. The van der Waals surface area contributed by atoms with Crippen LogP contribution in [0.25, 0.3) is 6.08 Å².